The third-order valence-corrected chi connectivity index (χ3v) is 3.35. The summed E-state index contributed by atoms with van der Waals surface area (Å²) >= 11 is 0. The molecule has 2 atom stereocenters. The van der Waals surface area contributed by atoms with E-state index in [1.54, 1.807) is 0 Å². The normalized spacial score (nSPS) is 22.6. The summed E-state index contributed by atoms with van der Waals surface area (Å²) in [5.74, 6) is 0. The summed E-state index contributed by atoms with van der Waals surface area (Å²) in [5, 5.41) is 14.6. The Balaban J connectivity index is 1.98. The molecule has 1 N–H and O–H groups in total. The van der Waals surface area contributed by atoms with Crippen LogP contribution in [0.25, 0.3) is 0 Å². The first kappa shape index (κ1) is 12.6. The highest BCUT2D eigenvalue weighted by Crippen LogP contribution is 2.19. The Bertz CT molecular complexity index is 356. The quantitative estimate of drug-likeness (QED) is 0.868. The zero-order chi connectivity index (χ0) is 12.3. The Morgan fingerprint density at radius 3 is 3.06 bits per heavy atom. The van der Waals surface area contributed by atoms with E-state index in [4.69, 9.17) is 4.74 Å². The van der Waals surface area contributed by atoms with Crippen LogP contribution >= 0.6 is 0 Å². The second kappa shape index (κ2) is 5.65. The van der Waals surface area contributed by atoms with Gasteiger partial charge in [-0.1, -0.05) is 0 Å². The number of aromatic nitrogens is 2. The summed E-state index contributed by atoms with van der Waals surface area (Å²) in [6.07, 6.45) is 3.49. The molecule has 1 fully saturated rings. The largest absolute Gasteiger partial charge is 0.390 e. The van der Waals surface area contributed by atoms with Crippen LogP contribution in [0.1, 0.15) is 37.6 Å². The number of nitrogens with zero attached hydrogens (tertiary/aromatic N) is 2. The molecule has 0 spiro atoms. The van der Waals surface area contributed by atoms with Gasteiger partial charge >= 0.3 is 0 Å². The summed E-state index contributed by atoms with van der Waals surface area (Å²) in [6.45, 7) is 5.69. The van der Waals surface area contributed by atoms with Gasteiger partial charge in [0.1, 0.15) is 0 Å². The second-order valence-corrected chi connectivity index (χ2v) is 4.77. The van der Waals surface area contributed by atoms with E-state index in [2.05, 4.69) is 18.1 Å². The summed E-state index contributed by atoms with van der Waals surface area (Å²) in [5.41, 5.74) is 2.12. The Morgan fingerprint density at radius 2 is 2.41 bits per heavy atom. The number of rotatable bonds is 4. The maximum atomic E-state index is 10.2. The Labute approximate surface area is 103 Å². The predicted molar refractivity (Wildman–Crippen MR) is 65.9 cm³/mol. The van der Waals surface area contributed by atoms with Crippen LogP contribution < -0.4 is 0 Å². The topological polar surface area (TPSA) is 47.3 Å². The Hall–Kier alpha value is -0.870. The van der Waals surface area contributed by atoms with Crippen LogP contribution in [-0.2, 0) is 17.7 Å². The number of aliphatic hydroxyl groups excluding tert-OH is 1. The van der Waals surface area contributed by atoms with Gasteiger partial charge in [0.2, 0.25) is 0 Å². The monoisotopic (exact) mass is 238 g/mol. The van der Waals surface area contributed by atoms with Gasteiger partial charge in [-0.25, -0.2) is 0 Å². The average Bonchev–Trinajstić information content (AvgIpc) is 2.70. The fourth-order valence-corrected chi connectivity index (χ4v) is 2.45. The van der Waals surface area contributed by atoms with Crippen molar-refractivity contribution in [2.24, 2.45) is 0 Å². The van der Waals surface area contributed by atoms with Crippen molar-refractivity contribution in [3.05, 3.63) is 17.5 Å². The van der Waals surface area contributed by atoms with Gasteiger partial charge in [0, 0.05) is 25.3 Å². The standard InChI is InChI=1S/C13H22N2O2/c1-3-15-11(8-10(2)14-15)9-12(16)13-6-4-5-7-17-13/h8,12-13,16H,3-7,9H2,1-2H3. The van der Waals surface area contributed by atoms with Crippen molar-refractivity contribution in [1.29, 1.82) is 0 Å². The lowest BCUT2D eigenvalue weighted by molar-refractivity contribution is -0.0616. The number of ether oxygens (including phenoxy) is 1. The van der Waals surface area contributed by atoms with Gasteiger partial charge in [0.05, 0.1) is 17.9 Å². The molecule has 1 aliphatic heterocycles. The molecule has 0 saturated carbocycles. The van der Waals surface area contributed by atoms with Gasteiger partial charge < -0.3 is 9.84 Å². The van der Waals surface area contributed by atoms with Crippen LogP contribution in [0.5, 0.6) is 0 Å². The molecule has 4 nitrogen and oxygen atoms in total. The molecule has 1 aromatic heterocycles. The molecular formula is C13H22N2O2. The Morgan fingerprint density at radius 1 is 1.59 bits per heavy atom. The Kier molecular flexibility index (Phi) is 4.18. The lowest BCUT2D eigenvalue weighted by Crippen LogP contribution is -2.34. The van der Waals surface area contributed by atoms with Gasteiger partial charge in [-0.3, -0.25) is 4.68 Å². The minimum Gasteiger partial charge on any atom is -0.390 e. The highest BCUT2D eigenvalue weighted by atomic mass is 16.5. The summed E-state index contributed by atoms with van der Waals surface area (Å²) < 4.78 is 7.57. The summed E-state index contributed by atoms with van der Waals surface area (Å²) in [6, 6.07) is 2.05. The first-order valence-electron chi connectivity index (χ1n) is 6.53. The maximum Gasteiger partial charge on any atom is 0.0856 e. The van der Waals surface area contributed by atoms with E-state index in [1.165, 1.54) is 0 Å². The van der Waals surface area contributed by atoms with Gasteiger partial charge in [-0.15, -0.1) is 0 Å². The van der Waals surface area contributed by atoms with Crippen molar-refractivity contribution in [3.8, 4) is 0 Å². The second-order valence-electron chi connectivity index (χ2n) is 4.77. The lowest BCUT2D eigenvalue weighted by atomic mass is 10.0. The van der Waals surface area contributed by atoms with Crippen LogP contribution in [0.3, 0.4) is 0 Å². The number of hydrogen-bond donors (Lipinski definition) is 1. The minimum atomic E-state index is -0.406. The molecule has 1 aliphatic rings. The van der Waals surface area contributed by atoms with Crippen molar-refractivity contribution < 1.29 is 9.84 Å². The molecule has 2 unspecified atom stereocenters. The van der Waals surface area contributed by atoms with E-state index >= 15 is 0 Å². The molecule has 96 valence electrons. The highest BCUT2D eigenvalue weighted by molar-refractivity contribution is 5.10. The van der Waals surface area contributed by atoms with E-state index in [0.29, 0.717) is 6.42 Å². The molecule has 0 bridgehead atoms. The zero-order valence-electron chi connectivity index (χ0n) is 10.7. The third kappa shape index (κ3) is 3.07. The smallest absolute Gasteiger partial charge is 0.0856 e. The van der Waals surface area contributed by atoms with Crippen LogP contribution in [0, 0.1) is 6.92 Å². The average molecular weight is 238 g/mol. The summed E-state index contributed by atoms with van der Waals surface area (Å²) in [7, 11) is 0. The van der Waals surface area contributed by atoms with Crippen molar-refractivity contribution in [2.75, 3.05) is 6.61 Å². The molecule has 0 radical (unpaired) electrons. The molecule has 0 aromatic carbocycles. The number of aliphatic hydroxyl groups is 1. The zero-order valence-corrected chi connectivity index (χ0v) is 10.7. The fourth-order valence-electron chi connectivity index (χ4n) is 2.45. The van der Waals surface area contributed by atoms with Crippen LogP contribution in [0.2, 0.25) is 0 Å². The molecular weight excluding hydrogens is 216 g/mol. The fraction of sp³-hybridized carbons (Fsp3) is 0.769. The van der Waals surface area contributed by atoms with Crippen molar-refractivity contribution >= 4 is 0 Å². The molecule has 2 rings (SSSR count). The molecule has 4 heteroatoms. The van der Waals surface area contributed by atoms with E-state index in [0.717, 1.165) is 43.8 Å². The third-order valence-electron chi connectivity index (χ3n) is 3.35. The van der Waals surface area contributed by atoms with E-state index < -0.39 is 6.10 Å². The maximum absolute atomic E-state index is 10.2. The first-order valence-corrected chi connectivity index (χ1v) is 6.53. The molecule has 1 aromatic rings. The van der Waals surface area contributed by atoms with E-state index in [9.17, 15) is 5.11 Å². The van der Waals surface area contributed by atoms with Crippen LogP contribution in [-0.4, -0.2) is 33.7 Å². The molecule has 0 aliphatic carbocycles. The van der Waals surface area contributed by atoms with Crippen molar-refractivity contribution in [3.63, 3.8) is 0 Å². The van der Waals surface area contributed by atoms with E-state index in [-0.39, 0.29) is 6.10 Å². The van der Waals surface area contributed by atoms with Crippen LogP contribution in [0.15, 0.2) is 6.07 Å². The van der Waals surface area contributed by atoms with Crippen LogP contribution in [0.4, 0.5) is 0 Å². The first-order chi connectivity index (χ1) is 8.20. The summed E-state index contributed by atoms with van der Waals surface area (Å²) in [4.78, 5) is 0. The predicted octanol–water partition coefficient (Wildman–Crippen LogP) is 1.68. The van der Waals surface area contributed by atoms with Gasteiger partial charge in [-0.05, 0) is 39.2 Å². The van der Waals surface area contributed by atoms with Gasteiger partial charge in [0.25, 0.3) is 0 Å². The van der Waals surface area contributed by atoms with Gasteiger partial charge in [-0.2, -0.15) is 5.10 Å². The molecule has 0 amide bonds. The lowest BCUT2D eigenvalue weighted by Gasteiger charge is -2.27. The number of aryl methyl sites for hydroxylation is 2. The highest BCUT2D eigenvalue weighted by Gasteiger charge is 2.23. The molecule has 1 saturated heterocycles. The molecule has 17 heavy (non-hydrogen) atoms. The SMILES string of the molecule is CCn1nc(C)cc1CC(O)C1CCCCO1. The molecule has 2 heterocycles. The minimum absolute atomic E-state index is 0.00395. The van der Waals surface area contributed by atoms with Crippen molar-refractivity contribution in [1.82, 2.24) is 9.78 Å². The van der Waals surface area contributed by atoms with Crippen molar-refractivity contribution in [2.45, 2.75) is 58.3 Å². The van der Waals surface area contributed by atoms with Gasteiger partial charge in [0.15, 0.2) is 0 Å². The van der Waals surface area contributed by atoms with E-state index in [1.807, 2.05) is 11.6 Å². The number of hydrogen-bond acceptors (Lipinski definition) is 3.